The third-order valence-corrected chi connectivity index (χ3v) is 9.68. The quantitative estimate of drug-likeness (QED) is 0.699. The highest BCUT2D eigenvalue weighted by Crippen LogP contribution is 2.65. The van der Waals surface area contributed by atoms with Gasteiger partial charge in [0, 0.05) is 6.04 Å². The Balaban J connectivity index is 1.49. The Morgan fingerprint density at radius 2 is 1.79 bits per heavy atom. The Labute approximate surface area is 173 Å². The highest BCUT2D eigenvalue weighted by atomic mass is 16.3. The Morgan fingerprint density at radius 3 is 2.54 bits per heavy atom. The van der Waals surface area contributed by atoms with Crippen molar-refractivity contribution in [3.63, 3.8) is 0 Å². The van der Waals surface area contributed by atoms with Crippen molar-refractivity contribution < 1.29 is 5.11 Å². The fraction of sp³-hybridized carbons (Fsp3) is 0.920. The van der Waals surface area contributed by atoms with Gasteiger partial charge in [0.1, 0.15) is 0 Å². The van der Waals surface area contributed by atoms with E-state index in [1.807, 2.05) is 0 Å². The molecule has 0 aliphatic heterocycles. The number of aliphatic hydroxyl groups excluding tert-OH is 1. The van der Waals surface area contributed by atoms with Gasteiger partial charge in [0.05, 0.1) is 6.10 Å². The number of allylic oxidation sites excluding steroid dienone is 1. The van der Waals surface area contributed by atoms with Gasteiger partial charge in [0.25, 0.3) is 0 Å². The van der Waals surface area contributed by atoms with Gasteiger partial charge in [0.2, 0.25) is 0 Å². The fourth-order valence-corrected chi connectivity index (χ4v) is 8.13. The van der Waals surface area contributed by atoms with Crippen LogP contribution in [0.1, 0.15) is 71.6 Å². The van der Waals surface area contributed by atoms with Gasteiger partial charge >= 0.3 is 0 Å². The molecule has 0 amide bonds. The molecular weight excluding hydrogens is 344 g/mol. The lowest BCUT2D eigenvalue weighted by Gasteiger charge is -2.58. The molecule has 3 saturated carbocycles. The minimum Gasteiger partial charge on any atom is -0.393 e. The van der Waals surface area contributed by atoms with E-state index in [0.29, 0.717) is 10.8 Å². The van der Waals surface area contributed by atoms with Crippen molar-refractivity contribution in [1.29, 1.82) is 0 Å². The summed E-state index contributed by atoms with van der Waals surface area (Å²) in [5.74, 6) is 2.63. The van der Waals surface area contributed by atoms with Crippen LogP contribution in [-0.4, -0.2) is 61.3 Å². The Kier molecular flexibility index (Phi) is 5.74. The molecule has 0 radical (unpaired) electrons. The molecule has 3 nitrogen and oxygen atoms in total. The Bertz CT molecular complexity index is 601. The minimum atomic E-state index is -0.0867. The van der Waals surface area contributed by atoms with Crippen LogP contribution in [0.15, 0.2) is 11.6 Å². The van der Waals surface area contributed by atoms with E-state index in [1.165, 1.54) is 58.0 Å². The zero-order chi connectivity index (χ0) is 20.1. The Hall–Kier alpha value is -0.380. The number of aliphatic hydroxyl groups is 1. The van der Waals surface area contributed by atoms with Crippen molar-refractivity contribution in [2.45, 2.75) is 83.8 Å². The van der Waals surface area contributed by atoms with Crippen molar-refractivity contribution in [3.8, 4) is 0 Å². The number of rotatable bonds is 5. The second-order valence-electron chi connectivity index (χ2n) is 11.4. The molecule has 0 aromatic heterocycles. The smallest absolute Gasteiger partial charge is 0.0577 e. The number of hydrogen-bond donors (Lipinski definition) is 1. The van der Waals surface area contributed by atoms with Crippen LogP contribution in [-0.2, 0) is 0 Å². The van der Waals surface area contributed by atoms with Crippen molar-refractivity contribution in [3.05, 3.63) is 11.6 Å². The number of fused-ring (bicyclic) bond motifs is 5. The molecule has 0 spiro atoms. The Morgan fingerprint density at radius 1 is 1.00 bits per heavy atom. The summed E-state index contributed by atoms with van der Waals surface area (Å²) in [5.41, 5.74) is 2.48. The summed E-state index contributed by atoms with van der Waals surface area (Å²) >= 11 is 0. The zero-order valence-electron chi connectivity index (χ0n) is 19.1. The largest absolute Gasteiger partial charge is 0.393 e. The normalized spacial score (nSPS) is 45.6. The van der Waals surface area contributed by atoms with Gasteiger partial charge in [-0.1, -0.05) is 25.5 Å². The average Bonchev–Trinajstić information content (AvgIpc) is 2.99. The molecule has 3 fully saturated rings. The first-order valence-electron chi connectivity index (χ1n) is 12.0. The zero-order valence-corrected chi connectivity index (χ0v) is 19.1. The van der Waals surface area contributed by atoms with E-state index in [2.05, 4.69) is 50.9 Å². The maximum absolute atomic E-state index is 10.2. The third-order valence-electron chi connectivity index (χ3n) is 9.68. The van der Waals surface area contributed by atoms with Crippen LogP contribution >= 0.6 is 0 Å². The second kappa shape index (κ2) is 7.71. The van der Waals surface area contributed by atoms with Gasteiger partial charge in [-0.15, -0.1) is 0 Å². The highest BCUT2D eigenvalue weighted by Gasteiger charge is 2.59. The van der Waals surface area contributed by atoms with E-state index in [0.717, 1.165) is 36.6 Å². The average molecular weight is 389 g/mol. The molecule has 4 aliphatic carbocycles. The molecule has 160 valence electrons. The first-order valence-corrected chi connectivity index (χ1v) is 12.0. The molecule has 4 aliphatic rings. The van der Waals surface area contributed by atoms with Crippen molar-refractivity contribution >= 4 is 0 Å². The summed E-state index contributed by atoms with van der Waals surface area (Å²) in [6.45, 7) is 7.61. The molecule has 28 heavy (non-hydrogen) atoms. The minimum absolute atomic E-state index is 0.0867. The standard InChI is InChI=1S/C25H44N2O/c1-24-13-11-19(28)17-18(24)7-8-20-21-9-10-23(25(21,2)14-12-22(20)24)27(5)16-6-15-26(3)4/h7,19-23,28H,6,8-17H2,1-5H3/t19-,20-,21-,22-,23?,24-,25-/m0/s1. The molecule has 0 aromatic rings. The molecule has 3 heteroatoms. The predicted octanol–water partition coefficient (Wildman–Crippen LogP) is 4.56. The summed E-state index contributed by atoms with van der Waals surface area (Å²) in [6, 6.07) is 0.770. The van der Waals surface area contributed by atoms with Crippen LogP contribution < -0.4 is 0 Å². The topological polar surface area (TPSA) is 26.7 Å². The predicted molar refractivity (Wildman–Crippen MR) is 117 cm³/mol. The van der Waals surface area contributed by atoms with E-state index in [4.69, 9.17) is 0 Å². The van der Waals surface area contributed by atoms with E-state index in [9.17, 15) is 5.11 Å². The van der Waals surface area contributed by atoms with Crippen molar-refractivity contribution in [2.24, 2.45) is 28.6 Å². The monoisotopic (exact) mass is 388 g/mol. The van der Waals surface area contributed by atoms with Gasteiger partial charge < -0.3 is 14.9 Å². The van der Waals surface area contributed by atoms with Crippen LogP contribution in [0.25, 0.3) is 0 Å². The number of nitrogens with zero attached hydrogens (tertiary/aromatic N) is 2. The fourth-order valence-electron chi connectivity index (χ4n) is 8.13. The van der Waals surface area contributed by atoms with Crippen LogP contribution in [0.3, 0.4) is 0 Å². The first kappa shape index (κ1) is 20.9. The summed E-state index contributed by atoms with van der Waals surface area (Å²) < 4.78 is 0. The van der Waals surface area contributed by atoms with Crippen LogP contribution in [0.2, 0.25) is 0 Å². The van der Waals surface area contributed by atoms with Crippen LogP contribution in [0, 0.1) is 28.6 Å². The SMILES string of the molecule is CN(C)CCCN(C)C1CC[C@H]2[C@@H]3CC=C4C[C@@H](O)CC[C@]4(C)[C@H]3CC[C@]12C. The first-order chi connectivity index (χ1) is 13.3. The number of hydrogen-bond acceptors (Lipinski definition) is 3. The summed E-state index contributed by atoms with van der Waals surface area (Å²) in [7, 11) is 6.76. The van der Waals surface area contributed by atoms with E-state index in [-0.39, 0.29) is 6.10 Å². The summed E-state index contributed by atoms with van der Waals surface area (Å²) in [5, 5.41) is 10.2. The van der Waals surface area contributed by atoms with Gasteiger partial charge in [-0.25, -0.2) is 0 Å². The molecule has 0 bridgehead atoms. The molecule has 1 unspecified atom stereocenters. The van der Waals surface area contributed by atoms with E-state index in [1.54, 1.807) is 5.57 Å². The molecule has 7 atom stereocenters. The lowest BCUT2D eigenvalue weighted by Crippen LogP contribution is -2.53. The van der Waals surface area contributed by atoms with Crippen LogP contribution in [0.4, 0.5) is 0 Å². The van der Waals surface area contributed by atoms with Gasteiger partial charge in [-0.3, -0.25) is 0 Å². The van der Waals surface area contributed by atoms with E-state index >= 15 is 0 Å². The van der Waals surface area contributed by atoms with Crippen LogP contribution in [0.5, 0.6) is 0 Å². The highest BCUT2D eigenvalue weighted by molar-refractivity contribution is 5.25. The maximum atomic E-state index is 10.2. The van der Waals surface area contributed by atoms with Gasteiger partial charge in [-0.2, -0.15) is 0 Å². The molecule has 0 aromatic carbocycles. The molecule has 0 saturated heterocycles. The molecular formula is C25H44N2O. The summed E-state index contributed by atoms with van der Waals surface area (Å²) in [4.78, 5) is 5.03. The van der Waals surface area contributed by atoms with E-state index < -0.39 is 0 Å². The molecule has 1 N–H and O–H groups in total. The molecule has 4 rings (SSSR count). The molecule has 0 heterocycles. The van der Waals surface area contributed by atoms with Crippen molar-refractivity contribution in [2.75, 3.05) is 34.2 Å². The lowest BCUT2D eigenvalue weighted by molar-refractivity contribution is -0.0565. The van der Waals surface area contributed by atoms with Gasteiger partial charge in [0.15, 0.2) is 0 Å². The summed E-state index contributed by atoms with van der Waals surface area (Å²) in [6.07, 6.45) is 13.8. The third kappa shape index (κ3) is 3.40. The lowest BCUT2D eigenvalue weighted by atomic mass is 9.48. The van der Waals surface area contributed by atoms with Gasteiger partial charge in [-0.05, 0) is 121 Å². The second-order valence-corrected chi connectivity index (χ2v) is 11.4. The van der Waals surface area contributed by atoms with Crippen molar-refractivity contribution in [1.82, 2.24) is 9.80 Å². The maximum Gasteiger partial charge on any atom is 0.0577 e.